The lowest BCUT2D eigenvalue weighted by molar-refractivity contribution is 0.509. The van der Waals surface area contributed by atoms with Crippen LogP contribution in [0.25, 0.3) is 0 Å². The van der Waals surface area contributed by atoms with Gasteiger partial charge in [-0.3, -0.25) is 4.72 Å². The molecule has 1 heterocycles. The van der Waals surface area contributed by atoms with Crippen LogP contribution in [0.2, 0.25) is 0 Å². The van der Waals surface area contributed by atoms with Crippen molar-refractivity contribution in [3.8, 4) is 0 Å². The minimum absolute atomic E-state index is 0.282. The molecule has 0 saturated heterocycles. The second-order valence-corrected chi connectivity index (χ2v) is 6.46. The molecule has 9 heteroatoms. The Morgan fingerprint density at radius 3 is 2.27 bits per heavy atom. The van der Waals surface area contributed by atoms with Crippen LogP contribution in [0.3, 0.4) is 0 Å². The highest BCUT2D eigenvalue weighted by atomic mass is 32.2. The van der Waals surface area contributed by atoms with E-state index in [4.69, 9.17) is 0 Å². The summed E-state index contributed by atoms with van der Waals surface area (Å²) in [4.78, 5) is 4.00. The fourth-order valence-corrected chi connectivity index (χ4v) is 2.09. The van der Waals surface area contributed by atoms with Crippen molar-refractivity contribution in [2.24, 2.45) is 0 Å². The van der Waals surface area contributed by atoms with Gasteiger partial charge in [-0.25, -0.2) is 13.8 Å². The number of pyridine rings is 1. The number of nitrogens with one attached hydrogen (secondary N) is 2. The summed E-state index contributed by atoms with van der Waals surface area (Å²) in [5.74, 6) is -1.55. The summed E-state index contributed by atoms with van der Waals surface area (Å²) in [5, 5.41) is 2.78. The maximum Gasteiger partial charge on any atom is 0.301 e. The average Bonchev–Trinajstić information content (AvgIpc) is 2.44. The second kappa shape index (κ2) is 6.24. The van der Waals surface area contributed by atoms with Crippen molar-refractivity contribution in [2.45, 2.75) is 0 Å². The molecule has 0 saturated carbocycles. The Hall–Kier alpha value is -2.26. The standard InChI is InChI=1S/C13H14F2N4O2S/c1-19(2)22(20,21)18-10-4-6-13(16-8-10)17-9-3-5-11(14)12(15)7-9/h3-8,18H,1-2H3,(H,16,17). The molecule has 6 nitrogen and oxygen atoms in total. The number of nitrogens with zero attached hydrogens (tertiary/aromatic N) is 2. The minimum atomic E-state index is -3.60. The van der Waals surface area contributed by atoms with Gasteiger partial charge in [0.2, 0.25) is 0 Å². The van der Waals surface area contributed by atoms with Crippen molar-refractivity contribution < 1.29 is 17.2 Å². The molecule has 0 unspecified atom stereocenters. The zero-order valence-corrected chi connectivity index (χ0v) is 12.7. The third-order valence-corrected chi connectivity index (χ3v) is 4.14. The highest BCUT2D eigenvalue weighted by Crippen LogP contribution is 2.19. The molecule has 2 rings (SSSR count). The van der Waals surface area contributed by atoms with Crippen molar-refractivity contribution in [2.75, 3.05) is 24.1 Å². The first kappa shape index (κ1) is 16.1. The molecule has 1 aromatic carbocycles. The molecule has 2 N–H and O–H groups in total. The van der Waals surface area contributed by atoms with Gasteiger partial charge < -0.3 is 5.32 Å². The summed E-state index contributed by atoms with van der Waals surface area (Å²) in [7, 11) is -0.807. The van der Waals surface area contributed by atoms with E-state index in [2.05, 4.69) is 15.0 Å². The van der Waals surface area contributed by atoms with Gasteiger partial charge in [-0.2, -0.15) is 12.7 Å². The van der Waals surface area contributed by atoms with E-state index in [1.807, 2.05) is 0 Å². The monoisotopic (exact) mass is 328 g/mol. The summed E-state index contributed by atoms with van der Waals surface area (Å²) in [6, 6.07) is 6.37. The summed E-state index contributed by atoms with van der Waals surface area (Å²) in [6.07, 6.45) is 1.31. The van der Waals surface area contributed by atoms with Crippen molar-refractivity contribution in [3.63, 3.8) is 0 Å². The fraction of sp³-hybridized carbons (Fsp3) is 0.154. The Labute approximate surface area is 127 Å². The molecule has 2 aromatic rings. The molecule has 0 radical (unpaired) electrons. The van der Waals surface area contributed by atoms with E-state index in [1.165, 1.54) is 38.5 Å². The van der Waals surface area contributed by atoms with Gasteiger partial charge in [0.15, 0.2) is 11.6 Å². The lowest BCUT2D eigenvalue weighted by atomic mass is 10.3. The summed E-state index contributed by atoms with van der Waals surface area (Å²) in [6.45, 7) is 0. The molecule has 118 valence electrons. The van der Waals surface area contributed by atoms with Crippen molar-refractivity contribution in [1.82, 2.24) is 9.29 Å². The number of hydrogen-bond acceptors (Lipinski definition) is 4. The van der Waals surface area contributed by atoms with Gasteiger partial charge in [0.25, 0.3) is 0 Å². The van der Waals surface area contributed by atoms with E-state index in [-0.39, 0.29) is 5.69 Å². The summed E-state index contributed by atoms with van der Waals surface area (Å²) < 4.78 is 52.5. The highest BCUT2D eigenvalue weighted by Gasteiger charge is 2.13. The Balaban J connectivity index is 2.10. The van der Waals surface area contributed by atoms with Crippen molar-refractivity contribution in [3.05, 3.63) is 48.2 Å². The van der Waals surface area contributed by atoms with E-state index in [9.17, 15) is 17.2 Å². The molecular formula is C13H14F2N4O2S. The molecule has 1 aromatic heterocycles. The maximum atomic E-state index is 13.1. The maximum absolute atomic E-state index is 13.1. The molecular weight excluding hydrogens is 314 g/mol. The molecule has 22 heavy (non-hydrogen) atoms. The molecule has 0 aliphatic rings. The molecule has 0 amide bonds. The first-order valence-electron chi connectivity index (χ1n) is 6.16. The van der Waals surface area contributed by atoms with E-state index >= 15 is 0 Å². The van der Waals surface area contributed by atoms with Crippen LogP contribution in [-0.4, -0.2) is 31.8 Å². The van der Waals surface area contributed by atoms with E-state index < -0.39 is 21.8 Å². The van der Waals surface area contributed by atoms with Gasteiger partial charge in [-0.1, -0.05) is 0 Å². The quantitative estimate of drug-likeness (QED) is 0.883. The van der Waals surface area contributed by atoms with E-state index in [1.54, 1.807) is 0 Å². The van der Waals surface area contributed by atoms with Gasteiger partial charge in [-0.15, -0.1) is 0 Å². The summed E-state index contributed by atoms with van der Waals surface area (Å²) >= 11 is 0. The number of anilines is 3. The van der Waals surface area contributed by atoms with Crippen LogP contribution >= 0.6 is 0 Å². The molecule has 0 aliphatic carbocycles. The Morgan fingerprint density at radius 2 is 1.73 bits per heavy atom. The zero-order valence-electron chi connectivity index (χ0n) is 11.8. The number of rotatable bonds is 5. The zero-order chi connectivity index (χ0) is 16.3. The van der Waals surface area contributed by atoms with Gasteiger partial charge >= 0.3 is 10.2 Å². The number of hydrogen-bond donors (Lipinski definition) is 2. The Kier molecular flexibility index (Phi) is 4.57. The van der Waals surface area contributed by atoms with Crippen LogP contribution in [0.1, 0.15) is 0 Å². The average molecular weight is 328 g/mol. The lowest BCUT2D eigenvalue weighted by Gasteiger charge is -2.13. The lowest BCUT2D eigenvalue weighted by Crippen LogP contribution is -2.28. The number of aromatic nitrogens is 1. The highest BCUT2D eigenvalue weighted by molar-refractivity contribution is 7.90. The van der Waals surface area contributed by atoms with Crippen LogP contribution in [-0.2, 0) is 10.2 Å². The Morgan fingerprint density at radius 1 is 1.05 bits per heavy atom. The summed E-state index contributed by atoms with van der Waals surface area (Å²) in [5.41, 5.74) is 0.609. The van der Waals surface area contributed by atoms with Gasteiger partial charge in [0, 0.05) is 25.8 Å². The van der Waals surface area contributed by atoms with Crippen molar-refractivity contribution in [1.29, 1.82) is 0 Å². The predicted molar refractivity (Wildman–Crippen MR) is 80.1 cm³/mol. The van der Waals surface area contributed by atoms with E-state index in [0.717, 1.165) is 16.4 Å². The van der Waals surface area contributed by atoms with E-state index in [0.29, 0.717) is 11.5 Å². The first-order valence-corrected chi connectivity index (χ1v) is 7.60. The van der Waals surface area contributed by atoms with Gasteiger partial charge in [0.05, 0.1) is 11.9 Å². The SMILES string of the molecule is CN(C)S(=O)(=O)Nc1ccc(Nc2ccc(F)c(F)c2)nc1. The van der Waals surface area contributed by atoms with Crippen LogP contribution in [0, 0.1) is 11.6 Å². The normalized spacial score (nSPS) is 11.5. The first-order chi connectivity index (χ1) is 10.3. The molecule has 0 spiro atoms. The number of benzene rings is 1. The van der Waals surface area contributed by atoms with Crippen LogP contribution in [0.4, 0.5) is 26.0 Å². The minimum Gasteiger partial charge on any atom is -0.340 e. The molecule has 0 atom stereocenters. The van der Waals surface area contributed by atoms with Crippen LogP contribution < -0.4 is 10.0 Å². The van der Waals surface area contributed by atoms with Crippen LogP contribution in [0.5, 0.6) is 0 Å². The molecule has 0 bridgehead atoms. The van der Waals surface area contributed by atoms with Crippen molar-refractivity contribution >= 4 is 27.4 Å². The van der Waals surface area contributed by atoms with Gasteiger partial charge in [0.1, 0.15) is 5.82 Å². The second-order valence-electron chi connectivity index (χ2n) is 4.58. The third kappa shape index (κ3) is 3.89. The smallest absolute Gasteiger partial charge is 0.301 e. The fourth-order valence-electron chi connectivity index (χ4n) is 1.49. The predicted octanol–water partition coefficient (Wildman–Crippen LogP) is 2.32. The van der Waals surface area contributed by atoms with Gasteiger partial charge in [-0.05, 0) is 24.3 Å². The Bertz CT molecular complexity index is 764. The molecule has 0 aliphatic heterocycles. The largest absolute Gasteiger partial charge is 0.340 e. The van der Waals surface area contributed by atoms with Crippen LogP contribution in [0.15, 0.2) is 36.5 Å². The number of halogens is 2. The topological polar surface area (TPSA) is 74.3 Å². The molecule has 0 fully saturated rings. The third-order valence-electron chi connectivity index (χ3n) is 2.68.